The monoisotopic (exact) mass is 381 g/mol. The van der Waals surface area contributed by atoms with Gasteiger partial charge in [0, 0.05) is 12.4 Å². The van der Waals surface area contributed by atoms with Crippen LogP contribution in [0, 0.1) is 11.8 Å². The van der Waals surface area contributed by atoms with Crippen LogP contribution in [0.5, 0.6) is 5.75 Å². The first-order chi connectivity index (χ1) is 12.6. The minimum absolute atomic E-state index is 0.183. The zero-order valence-electron chi connectivity index (χ0n) is 15.2. The number of nitrogens with zero attached hydrogens (tertiary/aromatic N) is 4. The number of hydrogen-bond acceptors (Lipinski definition) is 8. The van der Waals surface area contributed by atoms with Crippen molar-refractivity contribution in [3.63, 3.8) is 0 Å². The number of rotatable bonds is 7. The molecule has 142 valence electrons. The van der Waals surface area contributed by atoms with E-state index in [0.717, 1.165) is 25.3 Å². The van der Waals surface area contributed by atoms with E-state index in [9.17, 15) is 0 Å². The summed E-state index contributed by atoms with van der Waals surface area (Å²) in [7, 11) is 1.69. The summed E-state index contributed by atoms with van der Waals surface area (Å²) in [4.78, 5) is 7.89. The molecule has 0 spiro atoms. The number of nitrogens with one attached hydrogen (secondary N) is 1. The Balaban J connectivity index is 1.89. The zero-order chi connectivity index (χ0) is 18.6. The fourth-order valence-corrected chi connectivity index (χ4v) is 4.06. The molecule has 0 aromatic carbocycles. The molecule has 1 aliphatic rings. The Hall–Kier alpha value is -1.77. The second-order valence-corrected chi connectivity index (χ2v) is 7.19. The minimum Gasteiger partial charge on any atom is -0.488 e. The minimum atomic E-state index is -0.384. The summed E-state index contributed by atoms with van der Waals surface area (Å²) in [6, 6.07) is 0. The molecule has 0 bridgehead atoms. The van der Waals surface area contributed by atoms with Gasteiger partial charge in [0.1, 0.15) is 12.7 Å². The summed E-state index contributed by atoms with van der Waals surface area (Å²) in [5, 5.41) is 11.3. The summed E-state index contributed by atoms with van der Waals surface area (Å²) in [6.45, 7) is 6.45. The molecule has 0 saturated carbocycles. The van der Waals surface area contributed by atoms with E-state index in [2.05, 4.69) is 39.5 Å². The number of methoxy groups -OCH3 is 1. The van der Waals surface area contributed by atoms with Crippen molar-refractivity contribution in [3.8, 4) is 5.75 Å². The van der Waals surface area contributed by atoms with E-state index in [1.807, 2.05) is 0 Å². The topological polar surface area (TPSA) is 95.2 Å². The van der Waals surface area contributed by atoms with Gasteiger partial charge >= 0.3 is 0 Å². The second-order valence-electron chi connectivity index (χ2n) is 6.85. The van der Waals surface area contributed by atoms with Gasteiger partial charge in [-0.15, -0.1) is 5.10 Å². The SMILES string of the molecule is COC(COc1cnc(Cl)nc1)C1(c2cnno2)CCNCC1C(C)C. The van der Waals surface area contributed by atoms with Gasteiger partial charge in [0.05, 0.1) is 24.0 Å². The van der Waals surface area contributed by atoms with Crippen LogP contribution in [0.3, 0.4) is 0 Å². The van der Waals surface area contributed by atoms with E-state index in [4.69, 9.17) is 25.6 Å². The summed E-state index contributed by atoms with van der Waals surface area (Å²) in [5.41, 5.74) is -0.384. The van der Waals surface area contributed by atoms with Gasteiger partial charge in [0.25, 0.3) is 0 Å². The number of piperidine rings is 1. The third-order valence-electron chi connectivity index (χ3n) is 5.22. The van der Waals surface area contributed by atoms with E-state index in [-0.39, 0.29) is 22.7 Å². The number of aromatic nitrogens is 4. The molecule has 1 N–H and O–H groups in total. The first kappa shape index (κ1) is 19.0. The summed E-state index contributed by atoms with van der Waals surface area (Å²) in [5.74, 6) is 1.96. The predicted molar refractivity (Wildman–Crippen MR) is 95.1 cm³/mol. The highest BCUT2D eigenvalue weighted by Crippen LogP contribution is 2.45. The van der Waals surface area contributed by atoms with Gasteiger partial charge in [0.15, 0.2) is 11.5 Å². The normalized spacial score (nSPS) is 24.6. The number of ether oxygens (including phenoxy) is 2. The lowest BCUT2D eigenvalue weighted by molar-refractivity contribution is -0.0591. The molecular formula is C17H24ClN5O3. The van der Waals surface area contributed by atoms with E-state index in [0.29, 0.717) is 18.3 Å². The van der Waals surface area contributed by atoms with Crippen LogP contribution in [0.4, 0.5) is 0 Å². The predicted octanol–water partition coefficient (Wildman–Crippen LogP) is 2.11. The molecule has 1 aliphatic heterocycles. The summed E-state index contributed by atoms with van der Waals surface area (Å²) < 4.78 is 17.4. The van der Waals surface area contributed by atoms with Gasteiger partial charge < -0.3 is 19.3 Å². The van der Waals surface area contributed by atoms with Crippen molar-refractivity contribution >= 4 is 11.6 Å². The Kier molecular flexibility index (Phi) is 6.05. The number of halogens is 1. The van der Waals surface area contributed by atoms with Crippen molar-refractivity contribution in [2.75, 3.05) is 26.8 Å². The van der Waals surface area contributed by atoms with Crippen LogP contribution < -0.4 is 10.1 Å². The highest BCUT2D eigenvalue weighted by atomic mass is 35.5. The maximum Gasteiger partial charge on any atom is 0.222 e. The van der Waals surface area contributed by atoms with Crippen molar-refractivity contribution in [1.82, 2.24) is 25.7 Å². The van der Waals surface area contributed by atoms with Crippen LogP contribution in [0.15, 0.2) is 23.1 Å². The van der Waals surface area contributed by atoms with Gasteiger partial charge in [-0.2, -0.15) is 0 Å². The molecule has 8 nitrogen and oxygen atoms in total. The molecule has 1 saturated heterocycles. The first-order valence-corrected chi connectivity index (χ1v) is 9.07. The summed E-state index contributed by atoms with van der Waals surface area (Å²) in [6.07, 6.45) is 5.38. The molecule has 1 fully saturated rings. The lowest BCUT2D eigenvalue weighted by Crippen LogP contribution is -2.58. The van der Waals surface area contributed by atoms with Crippen molar-refractivity contribution in [3.05, 3.63) is 29.6 Å². The van der Waals surface area contributed by atoms with Crippen LogP contribution in [0.2, 0.25) is 5.28 Å². The average molecular weight is 382 g/mol. The highest BCUT2D eigenvalue weighted by molar-refractivity contribution is 6.28. The van der Waals surface area contributed by atoms with E-state index in [1.54, 1.807) is 25.7 Å². The Morgan fingerprint density at radius 1 is 1.35 bits per heavy atom. The molecule has 3 rings (SSSR count). The van der Waals surface area contributed by atoms with Crippen molar-refractivity contribution in [1.29, 1.82) is 0 Å². The standard InChI is InChI=1S/C17H24ClN5O3/c1-11(2)13-8-19-5-4-17(13,14-9-22-23-26-14)15(24-3)10-25-12-6-20-16(18)21-7-12/h6-7,9,11,13,15,19H,4-5,8,10H2,1-3H3. The molecule has 0 aliphatic carbocycles. The van der Waals surface area contributed by atoms with Crippen molar-refractivity contribution in [2.24, 2.45) is 11.8 Å². The lowest BCUT2D eigenvalue weighted by Gasteiger charge is -2.48. The van der Waals surface area contributed by atoms with Crippen LogP contribution in [-0.4, -0.2) is 53.2 Å². The molecule has 3 atom stereocenters. The third-order valence-corrected chi connectivity index (χ3v) is 5.42. The van der Waals surface area contributed by atoms with E-state index >= 15 is 0 Å². The lowest BCUT2D eigenvalue weighted by atomic mass is 9.62. The quantitative estimate of drug-likeness (QED) is 0.728. The van der Waals surface area contributed by atoms with Gasteiger partial charge in [-0.05, 0) is 42.9 Å². The van der Waals surface area contributed by atoms with Crippen LogP contribution in [0.1, 0.15) is 26.0 Å². The highest BCUT2D eigenvalue weighted by Gasteiger charge is 2.52. The summed E-state index contributed by atoms with van der Waals surface area (Å²) >= 11 is 5.73. The second kappa shape index (κ2) is 8.28. The Morgan fingerprint density at radius 2 is 2.12 bits per heavy atom. The van der Waals surface area contributed by atoms with Crippen LogP contribution in [-0.2, 0) is 10.2 Å². The van der Waals surface area contributed by atoms with E-state index < -0.39 is 0 Å². The molecule has 0 amide bonds. The molecule has 26 heavy (non-hydrogen) atoms. The Bertz CT molecular complexity index is 682. The zero-order valence-corrected chi connectivity index (χ0v) is 15.9. The Morgan fingerprint density at radius 3 is 2.73 bits per heavy atom. The molecule has 2 aromatic heterocycles. The van der Waals surface area contributed by atoms with Gasteiger partial charge in [-0.1, -0.05) is 13.8 Å². The molecule has 3 unspecified atom stereocenters. The van der Waals surface area contributed by atoms with Gasteiger partial charge in [-0.25, -0.2) is 9.97 Å². The molecule has 9 heteroatoms. The third kappa shape index (κ3) is 3.67. The van der Waals surface area contributed by atoms with Gasteiger partial charge in [0.2, 0.25) is 5.28 Å². The maximum atomic E-state index is 5.91. The van der Waals surface area contributed by atoms with Crippen LogP contribution in [0.25, 0.3) is 0 Å². The first-order valence-electron chi connectivity index (χ1n) is 8.69. The van der Waals surface area contributed by atoms with Crippen LogP contribution >= 0.6 is 11.6 Å². The fraction of sp³-hybridized carbons (Fsp3) is 0.647. The number of hydrogen-bond donors (Lipinski definition) is 1. The molecule has 3 heterocycles. The largest absolute Gasteiger partial charge is 0.488 e. The molecule has 0 radical (unpaired) electrons. The fourth-order valence-electron chi connectivity index (χ4n) is 3.96. The van der Waals surface area contributed by atoms with Crippen molar-refractivity contribution < 1.29 is 14.0 Å². The molecular weight excluding hydrogens is 358 g/mol. The van der Waals surface area contributed by atoms with Gasteiger partial charge in [-0.3, -0.25) is 0 Å². The van der Waals surface area contributed by atoms with Crippen molar-refractivity contribution in [2.45, 2.75) is 31.8 Å². The smallest absolute Gasteiger partial charge is 0.222 e. The van der Waals surface area contributed by atoms with E-state index in [1.165, 1.54) is 0 Å². The Labute approximate surface area is 157 Å². The molecule has 2 aromatic rings. The maximum absolute atomic E-state index is 5.91. The average Bonchev–Trinajstić information content (AvgIpc) is 3.19.